The van der Waals surface area contributed by atoms with Crippen molar-refractivity contribution in [3.63, 3.8) is 0 Å². The normalized spacial score (nSPS) is 10.6. The third kappa shape index (κ3) is 3.07. The predicted molar refractivity (Wildman–Crippen MR) is 66.5 cm³/mol. The van der Waals surface area contributed by atoms with Gasteiger partial charge in [-0.3, -0.25) is 4.68 Å². The summed E-state index contributed by atoms with van der Waals surface area (Å²) < 4.78 is 1.72. The largest absolute Gasteiger partial charge is 0.347 e. The molecule has 0 N–H and O–H groups in total. The first-order chi connectivity index (χ1) is 8.04. The van der Waals surface area contributed by atoms with Crippen molar-refractivity contribution in [2.24, 2.45) is 7.05 Å². The highest BCUT2D eigenvalue weighted by molar-refractivity contribution is 7.99. The van der Waals surface area contributed by atoms with Crippen LogP contribution in [0.1, 0.15) is 0 Å². The second-order valence-corrected chi connectivity index (χ2v) is 4.91. The Morgan fingerprint density at radius 2 is 2.06 bits per heavy atom. The van der Waals surface area contributed by atoms with E-state index in [9.17, 15) is 0 Å². The zero-order valence-electron chi connectivity index (χ0n) is 9.62. The monoisotopic (exact) mass is 270 g/mol. The smallest absolute Gasteiger partial charge is 0.230 e. The maximum absolute atomic E-state index is 5.84. The fraction of sp³-hybridized carbons (Fsp3) is 0.333. The van der Waals surface area contributed by atoms with Crippen LogP contribution in [-0.2, 0) is 7.05 Å². The lowest BCUT2D eigenvalue weighted by molar-refractivity contribution is 0.766. The molecular formula is C9H11ClN6S. The molecule has 0 amide bonds. The minimum absolute atomic E-state index is 0.190. The van der Waals surface area contributed by atoms with Crippen LogP contribution < -0.4 is 4.90 Å². The average molecular weight is 271 g/mol. The molecule has 0 unspecified atom stereocenters. The minimum atomic E-state index is 0.190. The minimum Gasteiger partial charge on any atom is -0.347 e. The first-order valence-electron chi connectivity index (χ1n) is 4.80. The Hall–Kier alpha value is -1.34. The van der Waals surface area contributed by atoms with Crippen molar-refractivity contribution in [2.45, 2.75) is 10.1 Å². The second-order valence-electron chi connectivity index (χ2n) is 3.53. The molecule has 0 atom stereocenters. The molecule has 90 valence electrons. The summed E-state index contributed by atoms with van der Waals surface area (Å²) in [6, 6.07) is 0. The summed E-state index contributed by atoms with van der Waals surface area (Å²) in [5.41, 5.74) is 0. The van der Waals surface area contributed by atoms with Gasteiger partial charge in [0.25, 0.3) is 0 Å². The van der Waals surface area contributed by atoms with Crippen molar-refractivity contribution in [3.8, 4) is 0 Å². The van der Waals surface area contributed by atoms with E-state index in [2.05, 4.69) is 20.1 Å². The van der Waals surface area contributed by atoms with Crippen LogP contribution in [0.4, 0.5) is 5.95 Å². The molecule has 6 nitrogen and oxygen atoms in total. The van der Waals surface area contributed by atoms with E-state index in [1.54, 1.807) is 15.8 Å². The lowest BCUT2D eigenvalue weighted by Gasteiger charge is -2.10. The van der Waals surface area contributed by atoms with Gasteiger partial charge in [-0.15, -0.1) is 0 Å². The van der Waals surface area contributed by atoms with Gasteiger partial charge in [0.05, 0.1) is 11.1 Å². The molecule has 0 bridgehead atoms. The van der Waals surface area contributed by atoms with E-state index in [4.69, 9.17) is 11.6 Å². The molecule has 0 aliphatic carbocycles. The van der Waals surface area contributed by atoms with Gasteiger partial charge in [0.2, 0.25) is 11.2 Å². The molecule has 2 aromatic heterocycles. The van der Waals surface area contributed by atoms with Crippen LogP contribution >= 0.6 is 23.4 Å². The Bertz CT molecular complexity index is 526. The summed E-state index contributed by atoms with van der Waals surface area (Å²) in [4.78, 5) is 15.1. The summed E-state index contributed by atoms with van der Waals surface area (Å²) in [5.74, 6) is 0.538. The van der Waals surface area contributed by atoms with Crippen LogP contribution in [0.3, 0.4) is 0 Å². The van der Waals surface area contributed by atoms with Crippen LogP contribution in [0.15, 0.2) is 22.4 Å². The molecule has 8 heteroatoms. The molecule has 0 radical (unpaired) electrons. The fourth-order valence-corrected chi connectivity index (χ4v) is 2.11. The summed E-state index contributed by atoms with van der Waals surface area (Å²) >= 11 is 7.24. The Kier molecular flexibility index (Phi) is 3.49. The van der Waals surface area contributed by atoms with Crippen molar-refractivity contribution < 1.29 is 0 Å². The number of nitrogens with zero attached hydrogens (tertiary/aromatic N) is 6. The van der Waals surface area contributed by atoms with Crippen LogP contribution in [0.2, 0.25) is 5.28 Å². The highest BCUT2D eigenvalue weighted by Crippen LogP contribution is 2.25. The average Bonchev–Trinajstić information content (AvgIpc) is 2.63. The Labute approximate surface area is 108 Å². The number of halogens is 1. The summed E-state index contributed by atoms with van der Waals surface area (Å²) in [6.45, 7) is 0. The van der Waals surface area contributed by atoms with Gasteiger partial charge in [-0.2, -0.15) is 20.1 Å². The molecule has 0 aliphatic heterocycles. The molecule has 2 rings (SSSR count). The number of rotatable bonds is 3. The van der Waals surface area contributed by atoms with E-state index in [0.29, 0.717) is 11.1 Å². The van der Waals surface area contributed by atoms with Gasteiger partial charge < -0.3 is 4.90 Å². The lowest BCUT2D eigenvalue weighted by atomic mass is 10.7. The molecule has 0 saturated carbocycles. The van der Waals surface area contributed by atoms with Crippen molar-refractivity contribution in [3.05, 3.63) is 17.7 Å². The molecule has 0 aliphatic rings. The Balaban J connectivity index is 2.26. The van der Waals surface area contributed by atoms with Gasteiger partial charge in [-0.1, -0.05) is 0 Å². The van der Waals surface area contributed by atoms with Crippen molar-refractivity contribution in [1.29, 1.82) is 0 Å². The van der Waals surface area contributed by atoms with Crippen molar-refractivity contribution in [1.82, 2.24) is 24.7 Å². The molecule has 0 fully saturated rings. The molecule has 0 spiro atoms. The van der Waals surface area contributed by atoms with Gasteiger partial charge >= 0.3 is 0 Å². The highest BCUT2D eigenvalue weighted by atomic mass is 35.5. The van der Waals surface area contributed by atoms with Crippen molar-refractivity contribution in [2.75, 3.05) is 19.0 Å². The summed E-state index contributed by atoms with van der Waals surface area (Å²) in [6.07, 6.45) is 3.63. The van der Waals surface area contributed by atoms with Gasteiger partial charge in [0.1, 0.15) is 0 Å². The number of anilines is 1. The van der Waals surface area contributed by atoms with Crippen LogP contribution in [0.25, 0.3) is 0 Å². The number of aromatic nitrogens is 5. The third-order valence-electron chi connectivity index (χ3n) is 1.87. The van der Waals surface area contributed by atoms with E-state index in [1.165, 1.54) is 11.8 Å². The Morgan fingerprint density at radius 3 is 2.65 bits per heavy atom. The van der Waals surface area contributed by atoms with Crippen LogP contribution in [0, 0.1) is 0 Å². The Morgan fingerprint density at radius 1 is 1.29 bits per heavy atom. The van der Waals surface area contributed by atoms with Gasteiger partial charge in [0.15, 0.2) is 5.16 Å². The van der Waals surface area contributed by atoms with Gasteiger partial charge in [0, 0.05) is 27.3 Å². The maximum Gasteiger partial charge on any atom is 0.230 e. The molecule has 0 saturated heterocycles. The molecule has 2 aromatic rings. The molecule has 2 heterocycles. The lowest BCUT2D eigenvalue weighted by Crippen LogP contribution is -2.13. The van der Waals surface area contributed by atoms with Gasteiger partial charge in [-0.25, -0.2) is 0 Å². The quantitative estimate of drug-likeness (QED) is 0.842. The topological polar surface area (TPSA) is 59.7 Å². The van der Waals surface area contributed by atoms with E-state index in [0.717, 1.165) is 4.90 Å². The summed E-state index contributed by atoms with van der Waals surface area (Å²) in [7, 11) is 5.56. The number of aryl methyl sites for hydroxylation is 1. The molecular weight excluding hydrogens is 260 g/mol. The van der Waals surface area contributed by atoms with Gasteiger partial charge in [-0.05, 0) is 23.4 Å². The first kappa shape index (κ1) is 12.1. The maximum atomic E-state index is 5.84. The van der Waals surface area contributed by atoms with E-state index in [1.807, 2.05) is 27.3 Å². The second kappa shape index (κ2) is 4.89. The van der Waals surface area contributed by atoms with E-state index in [-0.39, 0.29) is 5.28 Å². The third-order valence-corrected chi connectivity index (χ3v) is 2.85. The van der Waals surface area contributed by atoms with E-state index < -0.39 is 0 Å². The molecule has 17 heavy (non-hydrogen) atoms. The fourth-order valence-electron chi connectivity index (χ4n) is 1.12. The predicted octanol–water partition coefficient (Wildman–Crippen LogP) is 1.48. The zero-order chi connectivity index (χ0) is 12.4. The number of hydrogen-bond acceptors (Lipinski definition) is 6. The zero-order valence-corrected chi connectivity index (χ0v) is 11.2. The molecule has 0 aromatic carbocycles. The summed E-state index contributed by atoms with van der Waals surface area (Å²) in [5, 5.41) is 4.82. The first-order valence-corrected chi connectivity index (χ1v) is 5.99. The van der Waals surface area contributed by atoms with E-state index >= 15 is 0 Å². The standard InChI is InChI=1S/C9H11ClN6S/c1-15(2)8-12-7(10)13-9(14-8)17-6-4-11-16(3)5-6/h4-5H,1-3H3. The van der Waals surface area contributed by atoms with Crippen LogP contribution in [-0.4, -0.2) is 38.8 Å². The number of hydrogen-bond donors (Lipinski definition) is 0. The van der Waals surface area contributed by atoms with Crippen molar-refractivity contribution >= 4 is 29.3 Å². The SMILES string of the molecule is CN(C)c1nc(Cl)nc(Sc2cnn(C)c2)n1. The van der Waals surface area contributed by atoms with Crippen LogP contribution in [0.5, 0.6) is 0 Å². The highest BCUT2D eigenvalue weighted by Gasteiger charge is 2.09.